The molecule has 0 aliphatic carbocycles. The van der Waals surface area contributed by atoms with E-state index in [0.29, 0.717) is 11.4 Å². The van der Waals surface area contributed by atoms with E-state index in [0.717, 1.165) is 0 Å². The first-order chi connectivity index (χ1) is 6.70. The van der Waals surface area contributed by atoms with Crippen LogP contribution in [0, 0.1) is 0 Å². The smallest absolute Gasteiger partial charge is 0.186 e. The minimum absolute atomic E-state index is 0.122. The topological polar surface area (TPSA) is 76.5 Å². The van der Waals surface area contributed by atoms with Crippen molar-refractivity contribution in [2.75, 3.05) is 12.1 Å². The molecule has 0 spiro atoms. The van der Waals surface area contributed by atoms with Crippen LogP contribution in [0.1, 0.15) is 0 Å². The number of benzene rings is 1. The molecule has 1 rings (SSSR count). The number of rotatable bonds is 3. The van der Waals surface area contributed by atoms with Crippen LogP contribution in [0.3, 0.4) is 0 Å². The monoisotopic (exact) mass is 212 g/mol. The highest BCUT2D eigenvalue weighted by molar-refractivity contribution is 7.80. The summed E-state index contributed by atoms with van der Waals surface area (Å²) in [6, 6.07) is 7.26. The van der Waals surface area contributed by atoms with Crippen molar-refractivity contribution in [1.82, 2.24) is 5.53 Å². The lowest BCUT2D eigenvalue weighted by Crippen LogP contribution is -2.49. The molecule has 0 aliphatic rings. The molecule has 0 amide bonds. The number of hydrogen-bond donors (Lipinski definition) is 3. The van der Waals surface area contributed by atoms with Gasteiger partial charge in [0, 0.05) is 0 Å². The van der Waals surface area contributed by atoms with Gasteiger partial charge in [-0.3, -0.25) is 5.84 Å². The standard InChI is InChI=1S/C8H12N4OS/c1-13-7-5-3-2-4-6(7)12(11-10)8(9)14/h2-5,11H,10H2,1H3,(H2,9,14). The summed E-state index contributed by atoms with van der Waals surface area (Å²) >= 11 is 4.81. The summed E-state index contributed by atoms with van der Waals surface area (Å²) in [4.78, 5) is 0. The molecule has 0 saturated heterocycles. The Labute approximate surface area is 87.6 Å². The second kappa shape index (κ2) is 4.75. The van der Waals surface area contributed by atoms with Crippen LogP contribution in [0.2, 0.25) is 0 Å². The molecule has 0 heterocycles. The lowest BCUT2D eigenvalue weighted by atomic mass is 10.3. The predicted octanol–water partition coefficient (Wildman–Crippen LogP) is 0.124. The molecule has 76 valence electrons. The van der Waals surface area contributed by atoms with Crippen LogP contribution in [-0.2, 0) is 0 Å². The van der Waals surface area contributed by atoms with Crippen LogP contribution >= 0.6 is 12.2 Å². The Bertz CT molecular complexity index is 331. The Morgan fingerprint density at radius 3 is 2.64 bits per heavy atom. The van der Waals surface area contributed by atoms with Crippen molar-refractivity contribution in [2.24, 2.45) is 11.6 Å². The van der Waals surface area contributed by atoms with E-state index >= 15 is 0 Å². The fourth-order valence-electron chi connectivity index (χ4n) is 1.07. The normalized spacial score (nSPS) is 9.57. The summed E-state index contributed by atoms with van der Waals surface area (Å²) < 4.78 is 5.13. The molecule has 0 bridgehead atoms. The van der Waals surface area contributed by atoms with Gasteiger partial charge in [0.1, 0.15) is 11.4 Å². The summed E-state index contributed by atoms with van der Waals surface area (Å²) in [5.41, 5.74) is 8.51. The number of nitrogens with zero attached hydrogens (tertiary/aromatic N) is 1. The van der Waals surface area contributed by atoms with Gasteiger partial charge in [0.05, 0.1) is 7.11 Å². The van der Waals surface area contributed by atoms with Crippen LogP contribution in [0.25, 0.3) is 0 Å². The van der Waals surface area contributed by atoms with Crippen molar-refractivity contribution in [3.8, 4) is 5.75 Å². The molecule has 0 aromatic heterocycles. The third-order valence-electron chi connectivity index (χ3n) is 1.68. The van der Waals surface area contributed by atoms with Crippen molar-refractivity contribution in [3.63, 3.8) is 0 Å². The van der Waals surface area contributed by atoms with Gasteiger partial charge < -0.3 is 10.5 Å². The molecule has 0 atom stereocenters. The van der Waals surface area contributed by atoms with Crippen molar-refractivity contribution in [1.29, 1.82) is 0 Å². The fraction of sp³-hybridized carbons (Fsp3) is 0.125. The summed E-state index contributed by atoms with van der Waals surface area (Å²) in [6.07, 6.45) is 0. The molecule has 1 aromatic rings. The molecular formula is C8H12N4OS. The number of thiocarbonyl (C=S) groups is 1. The number of nitrogens with two attached hydrogens (primary N) is 2. The van der Waals surface area contributed by atoms with Gasteiger partial charge in [-0.25, -0.2) is 5.01 Å². The highest BCUT2D eigenvalue weighted by atomic mass is 32.1. The quantitative estimate of drug-likeness (QED) is 0.375. The van der Waals surface area contributed by atoms with Gasteiger partial charge in [-0.05, 0) is 24.4 Å². The maximum atomic E-state index is 5.46. The predicted molar refractivity (Wildman–Crippen MR) is 59.6 cm³/mol. The molecule has 0 saturated carbocycles. The molecule has 0 radical (unpaired) electrons. The largest absolute Gasteiger partial charge is 0.495 e. The summed E-state index contributed by atoms with van der Waals surface area (Å²) in [5, 5.41) is 1.48. The maximum Gasteiger partial charge on any atom is 0.186 e. The van der Waals surface area contributed by atoms with E-state index in [1.54, 1.807) is 19.2 Å². The average Bonchev–Trinajstić information content (AvgIpc) is 2.19. The maximum absolute atomic E-state index is 5.46. The molecule has 14 heavy (non-hydrogen) atoms. The summed E-state index contributed by atoms with van der Waals surface area (Å²) in [6.45, 7) is 0. The number of hydrogen-bond acceptors (Lipinski definition) is 4. The Balaban J connectivity index is 3.08. The average molecular weight is 212 g/mol. The first kappa shape index (κ1) is 10.7. The third-order valence-corrected chi connectivity index (χ3v) is 1.86. The van der Waals surface area contributed by atoms with Gasteiger partial charge in [0.15, 0.2) is 5.11 Å². The minimum Gasteiger partial charge on any atom is -0.495 e. The summed E-state index contributed by atoms with van der Waals surface area (Å²) in [7, 11) is 1.56. The van der Waals surface area contributed by atoms with Gasteiger partial charge in [-0.1, -0.05) is 12.1 Å². The van der Waals surface area contributed by atoms with Gasteiger partial charge in [0.2, 0.25) is 0 Å². The van der Waals surface area contributed by atoms with Gasteiger partial charge in [-0.2, -0.15) is 5.53 Å². The Morgan fingerprint density at radius 2 is 2.14 bits per heavy atom. The third kappa shape index (κ3) is 2.11. The minimum atomic E-state index is 0.122. The molecule has 0 unspecified atom stereocenters. The Hall–Kier alpha value is -1.37. The van der Waals surface area contributed by atoms with Crippen molar-refractivity contribution < 1.29 is 4.74 Å². The molecule has 6 heteroatoms. The van der Waals surface area contributed by atoms with Crippen LogP contribution in [0.5, 0.6) is 5.75 Å². The van der Waals surface area contributed by atoms with Crippen LogP contribution < -0.4 is 26.9 Å². The second-order valence-corrected chi connectivity index (χ2v) is 2.89. The first-order valence-electron chi connectivity index (χ1n) is 3.89. The van der Waals surface area contributed by atoms with E-state index in [4.69, 9.17) is 28.5 Å². The Kier molecular flexibility index (Phi) is 3.63. The zero-order chi connectivity index (χ0) is 10.6. The first-order valence-corrected chi connectivity index (χ1v) is 4.30. The number of nitrogens with one attached hydrogen (secondary N) is 1. The lowest BCUT2D eigenvalue weighted by Gasteiger charge is -2.22. The molecule has 5 nitrogen and oxygen atoms in total. The van der Waals surface area contributed by atoms with Gasteiger partial charge in [-0.15, -0.1) is 0 Å². The van der Waals surface area contributed by atoms with E-state index in [1.165, 1.54) is 5.01 Å². The zero-order valence-corrected chi connectivity index (χ0v) is 8.54. The SMILES string of the molecule is COc1ccccc1N(NN)C(N)=S. The molecular weight excluding hydrogens is 200 g/mol. The number of ether oxygens (including phenoxy) is 1. The van der Waals surface area contributed by atoms with Crippen LogP contribution in [-0.4, -0.2) is 12.2 Å². The lowest BCUT2D eigenvalue weighted by molar-refractivity contribution is 0.414. The van der Waals surface area contributed by atoms with Gasteiger partial charge >= 0.3 is 0 Å². The highest BCUT2D eigenvalue weighted by Gasteiger charge is 2.11. The molecule has 5 N–H and O–H groups in total. The van der Waals surface area contributed by atoms with E-state index in [-0.39, 0.29) is 5.11 Å². The highest BCUT2D eigenvalue weighted by Crippen LogP contribution is 2.25. The fourth-order valence-corrected chi connectivity index (χ4v) is 1.22. The summed E-state index contributed by atoms with van der Waals surface area (Å²) in [5.74, 6) is 5.92. The van der Waals surface area contributed by atoms with Crippen LogP contribution in [0.4, 0.5) is 5.69 Å². The Morgan fingerprint density at radius 1 is 1.50 bits per heavy atom. The van der Waals surface area contributed by atoms with Crippen LogP contribution in [0.15, 0.2) is 24.3 Å². The van der Waals surface area contributed by atoms with Crippen molar-refractivity contribution in [3.05, 3.63) is 24.3 Å². The van der Waals surface area contributed by atoms with E-state index in [1.807, 2.05) is 12.1 Å². The van der Waals surface area contributed by atoms with E-state index in [9.17, 15) is 0 Å². The second-order valence-electron chi connectivity index (χ2n) is 2.47. The van der Waals surface area contributed by atoms with Crippen molar-refractivity contribution in [2.45, 2.75) is 0 Å². The molecule has 1 aromatic carbocycles. The number of methoxy groups -OCH3 is 1. The molecule has 0 fully saturated rings. The van der Waals surface area contributed by atoms with Gasteiger partial charge in [0.25, 0.3) is 0 Å². The number of hydrazine groups is 2. The van der Waals surface area contributed by atoms with E-state index < -0.39 is 0 Å². The van der Waals surface area contributed by atoms with Crippen molar-refractivity contribution >= 4 is 23.0 Å². The number of para-hydroxylation sites is 2. The molecule has 0 aliphatic heterocycles. The number of anilines is 1. The van der Waals surface area contributed by atoms with E-state index in [2.05, 4.69) is 5.53 Å². The zero-order valence-electron chi connectivity index (χ0n) is 7.73.